The van der Waals surface area contributed by atoms with E-state index in [2.05, 4.69) is 5.32 Å². The summed E-state index contributed by atoms with van der Waals surface area (Å²) < 4.78 is 0. The van der Waals surface area contributed by atoms with Crippen LogP contribution in [0.2, 0.25) is 0 Å². The van der Waals surface area contributed by atoms with Gasteiger partial charge in [-0.3, -0.25) is 9.59 Å². The lowest BCUT2D eigenvalue weighted by molar-refractivity contribution is -0.127. The highest BCUT2D eigenvalue weighted by molar-refractivity contribution is 5.91. The number of hydrogen-bond donors (Lipinski definition) is 1. The quantitative estimate of drug-likeness (QED) is 0.655. The molecule has 0 aliphatic heterocycles. The third-order valence-corrected chi connectivity index (χ3v) is 2.57. The molecule has 12 heavy (non-hydrogen) atoms. The van der Waals surface area contributed by atoms with Crippen LogP contribution in [-0.4, -0.2) is 17.7 Å². The zero-order chi connectivity index (χ0) is 8.55. The van der Waals surface area contributed by atoms with Crippen LogP contribution in [0.15, 0.2) is 0 Å². The Kier molecular flexibility index (Phi) is 1.87. The summed E-state index contributed by atoms with van der Waals surface area (Å²) in [6, 6.07) is -0.155. The van der Waals surface area contributed by atoms with E-state index in [1.807, 2.05) is 0 Å². The van der Waals surface area contributed by atoms with E-state index >= 15 is 0 Å². The van der Waals surface area contributed by atoms with Gasteiger partial charge in [-0.2, -0.15) is 0 Å². The van der Waals surface area contributed by atoms with Gasteiger partial charge < -0.3 is 5.32 Å². The van der Waals surface area contributed by atoms with Crippen LogP contribution < -0.4 is 5.32 Å². The molecule has 2 aliphatic carbocycles. The minimum Gasteiger partial charge on any atom is -0.346 e. The molecule has 3 heteroatoms. The van der Waals surface area contributed by atoms with Crippen LogP contribution in [0.5, 0.6) is 0 Å². The maximum atomic E-state index is 11.2. The molecule has 0 saturated heterocycles. The molecule has 0 radical (unpaired) electrons. The fraction of sp³-hybridized carbons (Fsp3) is 0.778. The topological polar surface area (TPSA) is 46.2 Å². The Hall–Kier alpha value is -0.860. The summed E-state index contributed by atoms with van der Waals surface area (Å²) in [5.74, 6) is 0.526. The molecule has 1 amide bonds. The summed E-state index contributed by atoms with van der Waals surface area (Å²) in [6.45, 7) is 0. The fourth-order valence-electron chi connectivity index (χ4n) is 1.60. The van der Waals surface area contributed by atoms with Crippen molar-refractivity contribution in [1.82, 2.24) is 5.32 Å². The maximum absolute atomic E-state index is 11.2. The van der Waals surface area contributed by atoms with Crippen molar-refractivity contribution in [1.29, 1.82) is 0 Å². The SMILES string of the molecule is O=C(N[C@H]1CCCC1=O)C1CC1. The summed E-state index contributed by atoms with van der Waals surface area (Å²) in [5, 5.41) is 2.80. The molecule has 3 nitrogen and oxygen atoms in total. The molecule has 1 atom stereocenters. The zero-order valence-electron chi connectivity index (χ0n) is 7.01. The average Bonchev–Trinajstić information content (AvgIpc) is 2.80. The first-order valence-electron chi connectivity index (χ1n) is 4.60. The third-order valence-electron chi connectivity index (χ3n) is 2.57. The Bertz CT molecular complexity index is 221. The predicted molar refractivity (Wildman–Crippen MR) is 43.5 cm³/mol. The number of carbonyl (C=O) groups excluding carboxylic acids is 2. The van der Waals surface area contributed by atoms with Gasteiger partial charge >= 0.3 is 0 Å². The minimum atomic E-state index is -0.155. The smallest absolute Gasteiger partial charge is 0.223 e. The first-order chi connectivity index (χ1) is 5.77. The molecule has 0 spiro atoms. The van der Waals surface area contributed by atoms with Crippen LogP contribution in [0, 0.1) is 5.92 Å². The van der Waals surface area contributed by atoms with Gasteiger partial charge in [0.25, 0.3) is 0 Å². The van der Waals surface area contributed by atoms with Gasteiger partial charge in [-0.15, -0.1) is 0 Å². The van der Waals surface area contributed by atoms with Crippen LogP contribution in [0.3, 0.4) is 0 Å². The van der Waals surface area contributed by atoms with Gasteiger partial charge in [-0.05, 0) is 25.7 Å². The molecule has 66 valence electrons. The number of ketones is 1. The Morgan fingerprint density at radius 1 is 1.33 bits per heavy atom. The van der Waals surface area contributed by atoms with Gasteiger partial charge in [0.1, 0.15) is 0 Å². The molecule has 0 aromatic carbocycles. The fourth-order valence-corrected chi connectivity index (χ4v) is 1.60. The molecule has 2 fully saturated rings. The van der Waals surface area contributed by atoms with Crippen molar-refractivity contribution in [2.75, 3.05) is 0 Å². The summed E-state index contributed by atoms with van der Waals surface area (Å²) in [5.41, 5.74) is 0. The second kappa shape index (κ2) is 2.88. The maximum Gasteiger partial charge on any atom is 0.223 e. The molecule has 0 heterocycles. The monoisotopic (exact) mass is 167 g/mol. The molecule has 1 N–H and O–H groups in total. The normalized spacial score (nSPS) is 29.0. The van der Waals surface area contributed by atoms with E-state index in [0.717, 1.165) is 25.7 Å². The summed E-state index contributed by atoms with van der Waals surface area (Å²) in [7, 11) is 0. The number of carbonyl (C=O) groups is 2. The molecule has 0 unspecified atom stereocenters. The average molecular weight is 167 g/mol. The van der Waals surface area contributed by atoms with Gasteiger partial charge in [0.15, 0.2) is 5.78 Å². The van der Waals surface area contributed by atoms with Crippen molar-refractivity contribution in [2.45, 2.75) is 38.1 Å². The van der Waals surface area contributed by atoms with Crippen molar-refractivity contribution in [3.05, 3.63) is 0 Å². The largest absolute Gasteiger partial charge is 0.346 e. The van der Waals surface area contributed by atoms with Crippen LogP contribution in [0.1, 0.15) is 32.1 Å². The Labute approximate surface area is 71.5 Å². The van der Waals surface area contributed by atoms with Crippen LogP contribution in [-0.2, 0) is 9.59 Å². The van der Waals surface area contributed by atoms with Crippen LogP contribution >= 0.6 is 0 Å². The Balaban J connectivity index is 1.84. The molecular formula is C9H13NO2. The lowest BCUT2D eigenvalue weighted by Gasteiger charge is -2.09. The molecular weight excluding hydrogens is 154 g/mol. The third kappa shape index (κ3) is 1.49. The molecule has 2 saturated carbocycles. The zero-order valence-corrected chi connectivity index (χ0v) is 7.01. The van der Waals surface area contributed by atoms with Crippen molar-refractivity contribution < 1.29 is 9.59 Å². The summed E-state index contributed by atoms with van der Waals surface area (Å²) >= 11 is 0. The highest BCUT2D eigenvalue weighted by Crippen LogP contribution is 2.29. The van der Waals surface area contributed by atoms with Crippen molar-refractivity contribution in [3.63, 3.8) is 0 Å². The number of Topliss-reactive ketones (excluding diaryl/α,β-unsaturated/α-hetero) is 1. The van der Waals surface area contributed by atoms with E-state index in [1.165, 1.54) is 0 Å². The lowest BCUT2D eigenvalue weighted by Crippen LogP contribution is -2.38. The second-order valence-electron chi connectivity index (χ2n) is 3.69. The summed E-state index contributed by atoms with van der Waals surface area (Å²) in [6.07, 6.45) is 4.45. The van der Waals surface area contributed by atoms with E-state index in [1.54, 1.807) is 0 Å². The first kappa shape index (κ1) is 7.77. The highest BCUT2D eigenvalue weighted by atomic mass is 16.2. The molecule has 0 bridgehead atoms. The van der Waals surface area contributed by atoms with Crippen molar-refractivity contribution >= 4 is 11.7 Å². The molecule has 2 rings (SSSR count). The molecule has 2 aliphatic rings. The van der Waals surface area contributed by atoms with Crippen LogP contribution in [0.25, 0.3) is 0 Å². The van der Waals surface area contributed by atoms with Gasteiger partial charge in [0, 0.05) is 12.3 Å². The minimum absolute atomic E-state index is 0.0928. The second-order valence-corrected chi connectivity index (χ2v) is 3.69. The van der Waals surface area contributed by atoms with E-state index in [-0.39, 0.29) is 23.7 Å². The van der Waals surface area contributed by atoms with Gasteiger partial charge in [-0.25, -0.2) is 0 Å². The lowest BCUT2D eigenvalue weighted by atomic mass is 10.2. The van der Waals surface area contributed by atoms with E-state index < -0.39 is 0 Å². The summed E-state index contributed by atoms with van der Waals surface area (Å²) in [4.78, 5) is 22.4. The molecule has 0 aromatic rings. The van der Waals surface area contributed by atoms with Crippen molar-refractivity contribution in [2.24, 2.45) is 5.92 Å². The van der Waals surface area contributed by atoms with Gasteiger partial charge in [-0.1, -0.05) is 0 Å². The number of hydrogen-bond acceptors (Lipinski definition) is 2. The standard InChI is InChI=1S/C9H13NO2/c11-8-3-1-2-7(8)10-9(12)6-4-5-6/h6-7H,1-5H2,(H,10,12)/t7-/m0/s1. The number of nitrogens with one attached hydrogen (secondary N) is 1. The first-order valence-corrected chi connectivity index (χ1v) is 4.60. The van der Waals surface area contributed by atoms with E-state index in [4.69, 9.17) is 0 Å². The predicted octanol–water partition coefficient (Wildman–Crippen LogP) is 0.634. The number of amides is 1. The van der Waals surface area contributed by atoms with Crippen molar-refractivity contribution in [3.8, 4) is 0 Å². The van der Waals surface area contributed by atoms with E-state index in [9.17, 15) is 9.59 Å². The number of rotatable bonds is 2. The van der Waals surface area contributed by atoms with E-state index in [0.29, 0.717) is 6.42 Å². The van der Waals surface area contributed by atoms with Gasteiger partial charge in [0.2, 0.25) is 5.91 Å². The Morgan fingerprint density at radius 2 is 2.08 bits per heavy atom. The molecule has 0 aromatic heterocycles. The Morgan fingerprint density at radius 3 is 2.58 bits per heavy atom. The van der Waals surface area contributed by atoms with Crippen LogP contribution in [0.4, 0.5) is 0 Å². The highest BCUT2D eigenvalue weighted by Gasteiger charge is 2.33. The van der Waals surface area contributed by atoms with Gasteiger partial charge in [0.05, 0.1) is 6.04 Å².